The first-order valence-electron chi connectivity index (χ1n) is 7.66. The van der Waals surface area contributed by atoms with Crippen LogP contribution in [0.15, 0.2) is 54.7 Å². The van der Waals surface area contributed by atoms with Crippen molar-refractivity contribution >= 4 is 0 Å². The van der Waals surface area contributed by atoms with E-state index in [9.17, 15) is 18.3 Å². The van der Waals surface area contributed by atoms with Crippen LogP contribution >= 0.6 is 0 Å². The molecule has 2 nitrogen and oxygen atoms in total. The van der Waals surface area contributed by atoms with Crippen LogP contribution in [0.4, 0.5) is 13.2 Å². The Morgan fingerprint density at radius 3 is 2.13 bits per heavy atom. The third-order valence-corrected chi connectivity index (χ3v) is 4.83. The quantitative estimate of drug-likeness (QED) is 0.890. The summed E-state index contributed by atoms with van der Waals surface area (Å²) in [7, 11) is 0. The molecule has 23 heavy (non-hydrogen) atoms. The molecule has 0 bridgehead atoms. The van der Waals surface area contributed by atoms with Crippen molar-refractivity contribution in [2.75, 3.05) is 0 Å². The zero-order chi connectivity index (χ0) is 16.5. The van der Waals surface area contributed by atoms with Crippen molar-refractivity contribution in [2.24, 2.45) is 5.41 Å². The summed E-state index contributed by atoms with van der Waals surface area (Å²) in [6.45, 7) is 0. The summed E-state index contributed by atoms with van der Waals surface area (Å²) in [5.74, 6) is -1.69. The lowest BCUT2D eigenvalue weighted by Gasteiger charge is -2.51. The summed E-state index contributed by atoms with van der Waals surface area (Å²) >= 11 is 0. The van der Waals surface area contributed by atoms with Gasteiger partial charge < -0.3 is 5.11 Å². The number of pyridine rings is 1. The highest BCUT2D eigenvalue weighted by atomic mass is 19.4. The van der Waals surface area contributed by atoms with Crippen molar-refractivity contribution in [3.8, 4) is 0 Å². The maximum Gasteiger partial charge on any atom is 0.396 e. The lowest BCUT2D eigenvalue weighted by Crippen LogP contribution is -2.47. The molecule has 1 fully saturated rings. The number of hydrogen-bond acceptors (Lipinski definition) is 2. The number of nitrogens with zero attached hydrogens (tertiary/aromatic N) is 1. The predicted molar refractivity (Wildman–Crippen MR) is 80.7 cm³/mol. The lowest BCUT2D eigenvalue weighted by molar-refractivity contribution is -0.213. The number of aliphatic hydroxyl groups is 1. The number of alkyl halides is 3. The molecule has 0 radical (unpaired) electrons. The molecule has 1 aliphatic carbocycles. The molecule has 0 spiro atoms. The average Bonchev–Trinajstić information content (AvgIpc) is 2.50. The van der Waals surface area contributed by atoms with Crippen LogP contribution in [0.25, 0.3) is 0 Å². The highest BCUT2D eigenvalue weighted by Crippen LogP contribution is 2.62. The Balaban J connectivity index is 2.05. The van der Waals surface area contributed by atoms with Gasteiger partial charge in [0.2, 0.25) is 0 Å². The zero-order valence-corrected chi connectivity index (χ0v) is 12.5. The SMILES string of the molecule is OC(c1ccccn1)C1(C(c2ccccc2)C(F)(F)F)CCC1. The smallest absolute Gasteiger partial charge is 0.386 e. The van der Waals surface area contributed by atoms with E-state index < -0.39 is 23.6 Å². The average molecular weight is 321 g/mol. The Bertz CT molecular complexity index is 638. The fourth-order valence-corrected chi connectivity index (χ4v) is 3.63. The van der Waals surface area contributed by atoms with Crippen LogP contribution in [0.1, 0.15) is 42.5 Å². The Kier molecular flexibility index (Phi) is 4.15. The largest absolute Gasteiger partial charge is 0.396 e. The van der Waals surface area contributed by atoms with Crippen molar-refractivity contribution in [1.29, 1.82) is 0 Å². The van der Waals surface area contributed by atoms with Gasteiger partial charge in [-0.05, 0) is 30.5 Å². The van der Waals surface area contributed by atoms with Gasteiger partial charge in [-0.2, -0.15) is 13.2 Å². The van der Waals surface area contributed by atoms with E-state index in [1.807, 2.05) is 0 Å². The zero-order valence-electron chi connectivity index (χ0n) is 12.5. The molecule has 1 aromatic heterocycles. The van der Waals surface area contributed by atoms with E-state index in [-0.39, 0.29) is 5.56 Å². The van der Waals surface area contributed by atoms with Gasteiger partial charge >= 0.3 is 6.18 Å². The van der Waals surface area contributed by atoms with E-state index in [0.717, 1.165) is 0 Å². The van der Waals surface area contributed by atoms with Gasteiger partial charge in [-0.1, -0.05) is 42.8 Å². The number of aromatic nitrogens is 1. The minimum absolute atomic E-state index is 0.203. The Morgan fingerprint density at radius 2 is 1.65 bits per heavy atom. The number of rotatable bonds is 4. The molecular weight excluding hydrogens is 303 g/mol. The van der Waals surface area contributed by atoms with Gasteiger partial charge in [0, 0.05) is 11.6 Å². The number of halogens is 3. The topological polar surface area (TPSA) is 33.1 Å². The van der Waals surface area contributed by atoms with Gasteiger partial charge in [0.1, 0.15) is 6.10 Å². The van der Waals surface area contributed by atoms with E-state index in [0.29, 0.717) is 25.0 Å². The molecule has 5 heteroatoms. The predicted octanol–water partition coefficient (Wildman–Crippen LogP) is 4.63. The highest BCUT2D eigenvalue weighted by Gasteiger charge is 2.60. The second kappa shape index (κ2) is 5.96. The van der Waals surface area contributed by atoms with E-state index in [2.05, 4.69) is 4.98 Å². The van der Waals surface area contributed by atoms with Crippen molar-refractivity contribution in [3.05, 3.63) is 66.0 Å². The molecule has 1 heterocycles. The fraction of sp³-hybridized carbons (Fsp3) is 0.389. The van der Waals surface area contributed by atoms with Gasteiger partial charge in [0.15, 0.2) is 0 Å². The van der Waals surface area contributed by atoms with Crippen LogP contribution in [-0.4, -0.2) is 16.3 Å². The van der Waals surface area contributed by atoms with Crippen LogP contribution in [-0.2, 0) is 0 Å². The summed E-state index contributed by atoms with van der Waals surface area (Å²) in [5, 5.41) is 10.7. The molecule has 3 rings (SSSR count). The van der Waals surface area contributed by atoms with Crippen molar-refractivity contribution in [3.63, 3.8) is 0 Å². The molecule has 1 saturated carbocycles. The van der Waals surface area contributed by atoms with E-state index >= 15 is 0 Å². The van der Waals surface area contributed by atoms with Crippen molar-refractivity contribution in [2.45, 2.75) is 37.5 Å². The van der Waals surface area contributed by atoms with Crippen LogP contribution in [0.2, 0.25) is 0 Å². The van der Waals surface area contributed by atoms with Gasteiger partial charge in [-0.25, -0.2) is 0 Å². The summed E-state index contributed by atoms with van der Waals surface area (Å²) < 4.78 is 41.6. The molecule has 0 amide bonds. The molecule has 2 atom stereocenters. The molecule has 122 valence electrons. The molecule has 2 aromatic rings. The highest BCUT2D eigenvalue weighted by molar-refractivity contribution is 5.28. The summed E-state index contributed by atoms with van der Waals surface area (Å²) in [4.78, 5) is 4.07. The number of hydrogen-bond donors (Lipinski definition) is 1. The Hall–Kier alpha value is -1.88. The van der Waals surface area contributed by atoms with E-state index in [1.165, 1.54) is 18.3 Å². The van der Waals surface area contributed by atoms with Crippen LogP contribution < -0.4 is 0 Å². The van der Waals surface area contributed by atoms with Crippen LogP contribution in [0.3, 0.4) is 0 Å². The monoisotopic (exact) mass is 321 g/mol. The Labute approximate surface area is 133 Å². The maximum atomic E-state index is 13.9. The lowest BCUT2D eigenvalue weighted by atomic mass is 9.55. The normalized spacial score (nSPS) is 19.7. The van der Waals surface area contributed by atoms with Crippen LogP contribution in [0, 0.1) is 5.41 Å². The second-order valence-corrected chi connectivity index (χ2v) is 6.13. The molecule has 2 unspecified atom stereocenters. The molecular formula is C18H18F3NO. The number of aliphatic hydroxyl groups excluding tert-OH is 1. The van der Waals surface area contributed by atoms with Gasteiger partial charge in [0.25, 0.3) is 0 Å². The molecule has 1 aromatic carbocycles. The van der Waals surface area contributed by atoms with Crippen molar-refractivity contribution < 1.29 is 18.3 Å². The molecule has 1 N–H and O–H groups in total. The number of benzene rings is 1. The first-order chi connectivity index (χ1) is 11.0. The molecule has 0 saturated heterocycles. The summed E-state index contributed by atoms with van der Waals surface area (Å²) in [6.07, 6.45) is -2.80. The minimum atomic E-state index is -4.42. The third-order valence-electron chi connectivity index (χ3n) is 4.83. The molecule has 1 aliphatic rings. The summed E-state index contributed by atoms with van der Waals surface area (Å²) in [5.41, 5.74) is -0.736. The first-order valence-corrected chi connectivity index (χ1v) is 7.66. The Morgan fingerprint density at radius 1 is 1.00 bits per heavy atom. The maximum absolute atomic E-state index is 13.9. The van der Waals surface area contributed by atoms with Crippen LogP contribution in [0.5, 0.6) is 0 Å². The second-order valence-electron chi connectivity index (χ2n) is 6.13. The van der Waals surface area contributed by atoms with Gasteiger partial charge in [0.05, 0.1) is 11.6 Å². The standard InChI is InChI=1S/C18H18F3NO/c19-18(20,21)15(13-7-2-1-3-8-13)17(10-6-11-17)16(23)14-9-4-5-12-22-14/h1-5,7-9,12,15-16,23H,6,10-11H2. The fourth-order valence-electron chi connectivity index (χ4n) is 3.63. The first kappa shape index (κ1) is 16.0. The third kappa shape index (κ3) is 2.85. The summed E-state index contributed by atoms with van der Waals surface area (Å²) in [6, 6.07) is 12.8. The van der Waals surface area contributed by atoms with E-state index in [1.54, 1.807) is 36.4 Å². The van der Waals surface area contributed by atoms with Crippen molar-refractivity contribution in [1.82, 2.24) is 4.98 Å². The molecule has 0 aliphatic heterocycles. The van der Waals surface area contributed by atoms with Gasteiger partial charge in [-0.3, -0.25) is 4.98 Å². The van der Waals surface area contributed by atoms with Gasteiger partial charge in [-0.15, -0.1) is 0 Å². The minimum Gasteiger partial charge on any atom is -0.386 e. The van der Waals surface area contributed by atoms with E-state index in [4.69, 9.17) is 0 Å².